The molecule has 0 saturated heterocycles. The standard InChI is InChI=1S/C6H3ClN4S/c7-6-10-3(1-12)4-5(11-6)9-2-8-4/h1-2H,(H,8,9,10,11). The molecule has 1 N–H and O–H groups in total. The fourth-order valence-corrected chi connectivity index (χ4v) is 1.25. The lowest BCUT2D eigenvalue weighted by Gasteiger charge is -1.93. The van der Waals surface area contributed by atoms with Crippen molar-refractivity contribution < 1.29 is 0 Å². The van der Waals surface area contributed by atoms with Gasteiger partial charge in [0.05, 0.1) is 6.33 Å². The minimum atomic E-state index is 0.158. The number of fused-ring (bicyclic) bond motifs is 1. The second-order valence-corrected chi connectivity index (χ2v) is 2.67. The van der Waals surface area contributed by atoms with E-state index < -0.39 is 0 Å². The number of hydrogen-bond acceptors (Lipinski definition) is 4. The van der Waals surface area contributed by atoms with E-state index in [2.05, 4.69) is 19.9 Å². The first-order valence-corrected chi connectivity index (χ1v) is 3.98. The van der Waals surface area contributed by atoms with Crippen LogP contribution in [0.2, 0.25) is 5.28 Å². The number of nitrogens with zero attached hydrogens (tertiary/aromatic N) is 3. The number of halogens is 1. The van der Waals surface area contributed by atoms with Crippen molar-refractivity contribution in [1.29, 1.82) is 0 Å². The summed E-state index contributed by atoms with van der Waals surface area (Å²) in [5, 5.41) is 1.60. The molecule has 2 aromatic heterocycles. The number of imidazole rings is 1. The summed E-state index contributed by atoms with van der Waals surface area (Å²) >= 11 is 10.4. The molecule has 0 aliphatic carbocycles. The summed E-state index contributed by atoms with van der Waals surface area (Å²) in [5.74, 6) is 0. The maximum atomic E-state index is 5.62. The highest BCUT2D eigenvalue weighted by molar-refractivity contribution is 7.79. The molecule has 0 bridgehead atoms. The maximum Gasteiger partial charge on any atom is 0.225 e. The van der Waals surface area contributed by atoms with Crippen LogP contribution in [-0.2, 0) is 0 Å². The van der Waals surface area contributed by atoms with Crippen LogP contribution in [0.25, 0.3) is 11.2 Å². The second-order valence-electron chi connectivity index (χ2n) is 2.10. The monoisotopic (exact) mass is 198 g/mol. The molecule has 0 atom stereocenters. The van der Waals surface area contributed by atoms with Crippen LogP contribution < -0.4 is 0 Å². The van der Waals surface area contributed by atoms with Crippen LogP contribution in [0.15, 0.2) is 6.33 Å². The summed E-state index contributed by atoms with van der Waals surface area (Å²) in [4.78, 5) is 14.6. The SMILES string of the molecule is S=Cc1nc(Cl)nc2nc[nH]c12. The highest BCUT2D eigenvalue weighted by Gasteiger charge is 2.05. The van der Waals surface area contributed by atoms with Crippen molar-refractivity contribution in [3.63, 3.8) is 0 Å². The lowest BCUT2D eigenvalue weighted by molar-refractivity contribution is 1.19. The van der Waals surface area contributed by atoms with Crippen LogP contribution in [0, 0.1) is 0 Å². The number of thiocarbonyl (C=S) groups is 1. The van der Waals surface area contributed by atoms with Crippen LogP contribution >= 0.6 is 23.8 Å². The highest BCUT2D eigenvalue weighted by atomic mass is 35.5. The molecule has 0 amide bonds. The lowest BCUT2D eigenvalue weighted by atomic mass is 10.4. The van der Waals surface area contributed by atoms with E-state index in [0.717, 1.165) is 5.52 Å². The minimum Gasteiger partial charge on any atom is -0.341 e. The molecule has 12 heavy (non-hydrogen) atoms. The molecule has 2 aromatic rings. The molecule has 0 aliphatic rings. The van der Waals surface area contributed by atoms with Crippen LogP contribution in [0.5, 0.6) is 0 Å². The van der Waals surface area contributed by atoms with E-state index in [9.17, 15) is 0 Å². The third-order valence-electron chi connectivity index (χ3n) is 1.40. The first kappa shape index (κ1) is 7.57. The van der Waals surface area contributed by atoms with Gasteiger partial charge in [-0.15, -0.1) is 0 Å². The number of H-pyrrole nitrogens is 1. The Labute approximate surface area is 78.0 Å². The molecule has 60 valence electrons. The smallest absolute Gasteiger partial charge is 0.225 e. The number of hydrogen-bond donors (Lipinski definition) is 1. The van der Waals surface area contributed by atoms with Gasteiger partial charge >= 0.3 is 0 Å². The number of aromatic amines is 1. The molecule has 0 radical (unpaired) electrons. The van der Waals surface area contributed by atoms with Gasteiger partial charge in [-0.25, -0.2) is 9.97 Å². The Bertz CT molecular complexity index is 438. The predicted octanol–water partition coefficient (Wildman–Crippen LogP) is 1.35. The van der Waals surface area contributed by atoms with Gasteiger partial charge in [0.25, 0.3) is 0 Å². The summed E-state index contributed by atoms with van der Waals surface area (Å²) in [5.41, 5.74) is 1.85. The molecule has 0 saturated carbocycles. The van der Waals surface area contributed by atoms with Gasteiger partial charge in [0.1, 0.15) is 11.2 Å². The summed E-state index contributed by atoms with van der Waals surface area (Å²) in [6, 6.07) is 0. The molecule has 0 unspecified atom stereocenters. The third kappa shape index (κ3) is 1.07. The van der Waals surface area contributed by atoms with Gasteiger partial charge in [-0.1, -0.05) is 12.2 Å². The van der Waals surface area contributed by atoms with Gasteiger partial charge in [0, 0.05) is 5.37 Å². The van der Waals surface area contributed by atoms with Crippen molar-refractivity contribution in [3.8, 4) is 0 Å². The molecule has 0 aromatic carbocycles. The molecule has 0 aliphatic heterocycles. The summed E-state index contributed by atoms with van der Waals surface area (Å²) in [6.07, 6.45) is 1.53. The molecule has 0 spiro atoms. The molecule has 0 fully saturated rings. The molecule has 2 rings (SSSR count). The number of nitrogens with one attached hydrogen (secondary N) is 1. The fraction of sp³-hybridized carbons (Fsp3) is 0. The van der Waals surface area contributed by atoms with Crippen LogP contribution in [-0.4, -0.2) is 25.3 Å². The Morgan fingerprint density at radius 2 is 2.33 bits per heavy atom. The molecular weight excluding hydrogens is 196 g/mol. The zero-order chi connectivity index (χ0) is 8.55. The van der Waals surface area contributed by atoms with Crippen molar-refractivity contribution in [2.75, 3.05) is 0 Å². The van der Waals surface area contributed by atoms with Crippen molar-refractivity contribution in [2.45, 2.75) is 0 Å². The van der Waals surface area contributed by atoms with Crippen LogP contribution in [0.3, 0.4) is 0 Å². The minimum absolute atomic E-state index is 0.158. The van der Waals surface area contributed by atoms with Gasteiger partial charge in [-0.2, -0.15) is 4.98 Å². The first-order valence-electron chi connectivity index (χ1n) is 3.13. The zero-order valence-electron chi connectivity index (χ0n) is 5.78. The van der Waals surface area contributed by atoms with E-state index in [1.54, 1.807) is 0 Å². The summed E-state index contributed by atoms with van der Waals surface area (Å²) < 4.78 is 0. The normalized spacial score (nSPS) is 10.4. The Hall–Kier alpha value is -1.07. The molecule has 2 heterocycles. The van der Waals surface area contributed by atoms with E-state index in [0.29, 0.717) is 11.3 Å². The van der Waals surface area contributed by atoms with E-state index >= 15 is 0 Å². The van der Waals surface area contributed by atoms with Crippen molar-refractivity contribution >= 4 is 40.4 Å². The van der Waals surface area contributed by atoms with Gasteiger partial charge in [-0.3, -0.25) is 0 Å². The predicted molar refractivity (Wildman–Crippen MR) is 49.5 cm³/mol. The average Bonchev–Trinajstić information content (AvgIpc) is 2.50. The van der Waals surface area contributed by atoms with Gasteiger partial charge in [-0.05, 0) is 11.6 Å². The molecular formula is C6H3ClN4S. The Kier molecular flexibility index (Phi) is 1.74. The first-order chi connectivity index (χ1) is 5.81. The topological polar surface area (TPSA) is 54.5 Å². The van der Waals surface area contributed by atoms with Crippen LogP contribution in [0.4, 0.5) is 0 Å². The fourth-order valence-electron chi connectivity index (χ4n) is 0.913. The van der Waals surface area contributed by atoms with Crippen LogP contribution in [0.1, 0.15) is 5.69 Å². The third-order valence-corrected chi connectivity index (χ3v) is 1.79. The Morgan fingerprint density at radius 1 is 1.50 bits per heavy atom. The lowest BCUT2D eigenvalue weighted by Crippen LogP contribution is -1.92. The largest absolute Gasteiger partial charge is 0.341 e. The van der Waals surface area contributed by atoms with E-state index in [-0.39, 0.29) is 5.28 Å². The van der Waals surface area contributed by atoms with Gasteiger partial charge in [0.2, 0.25) is 5.28 Å². The zero-order valence-corrected chi connectivity index (χ0v) is 7.35. The molecule has 6 heteroatoms. The van der Waals surface area contributed by atoms with Crippen molar-refractivity contribution in [2.24, 2.45) is 0 Å². The Balaban J connectivity index is 2.88. The average molecular weight is 199 g/mol. The van der Waals surface area contributed by atoms with Crippen molar-refractivity contribution in [1.82, 2.24) is 19.9 Å². The molecule has 4 nitrogen and oxygen atoms in total. The van der Waals surface area contributed by atoms with Crippen molar-refractivity contribution in [3.05, 3.63) is 17.3 Å². The summed E-state index contributed by atoms with van der Waals surface area (Å²) in [6.45, 7) is 0. The highest BCUT2D eigenvalue weighted by Crippen LogP contribution is 2.11. The van der Waals surface area contributed by atoms with E-state index in [4.69, 9.17) is 23.8 Å². The van der Waals surface area contributed by atoms with Gasteiger partial charge in [0.15, 0.2) is 5.65 Å². The summed E-state index contributed by atoms with van der Waals surface area (Å²) in [7, 11) is 0. The maximum absolute atomic E-state index is 5.62. The quantitative estimate of drug-likeness (QED) is 0.555. The number of aromatic nitrogens is 4. The van der Waals surface area contributed by atoms with E-state index in [1.807, 2.05) is 0 Å². The van der Waals surface area contributed by atoms with E-state index in [1.165, 1.54) is 11.7 Å². The second kappa shape index (κ2) is 2.76. The van der Waals surface area contributed by atoms with Gasteiger partial charge < -0.3 is 4.98 Å². The Morgan fingerprint density at radius 3 is 3.08 bits per heavy atom. The number of rotatable bonds is 1.